The van der Waals surface area contributed by atoms with E-state index < -0.39 is 112 Å². The summed E-state index contributed by atoms with van der Waals surface area (Å²) in [5, 5.41) is 78.5. The molecule has 2 rings (SSSR count). The Balaban J connectivity index is 2.11. The molecule has 0 spiro atoms. The maximum Gasteiger partial charge on any atom is 0.472 e. The molecule has 1 heterocycles. The fourth-order valence-corrected chi connectivity index (χ4v) is 8.82. The summed E-state index contributed by atoms with van der Waals surface area (Å²) in [6.45, 7) is 2.73. The van der Waals surface area contributed by atoms with Gasteiger partial charge in [-0.2, -0.15) is 0 Å². The summed E-state index contributed by atoms with van der Waals surface area (Å²) in [6.07, 6.45) is 17.6. The van der Waals surface area contributed by atoms with Crippen LogP contribution in [0.25, 0.3) is 0 Å². The molecule has 2 aliphatic rings. The van der Waals surface area contributed by atoms with Crippen LogP contribution in [0.15, 0.2) is 72.9 Å². The molecule has 388 valence electrons. The molecular formula is C51H83O16P. The lowest BCUT2D eigenvalue weighted by atomic mass is 9.82. The highest BCUT2D eigenvalue weighted by molar-refractivity contribution is 7.47. The third-order valence-corrected chi connectivity index (χ3v) is 12.9. The van der Waals surface area contributed by atoms with E-state index >= 15 is 0 Å². The number of phosphoric ester groups is 1. The Hall–Kier alpha value is -3.12. The number of esters is 2. The molecule has 2 fully saturated rings. The van der Waals surface area contributed by atoms with Gasteiger partial charge in [-0.05, 0) is 64.2 Å². The van der Waals surface area contributed by atoms with Crippen molar-refractivity contribution in [1.29, 1.82) is 0 Å². The first-order valence-electron chi connectivity index (χ1n) is 24.8. The Morgan fingerprint density at radius 2 is 1.31 bits per heavy atom. The van der Waals surface area contributed by atoms with Crippen molar-refractivity contribution < 1.29 is 78.1 Å². The normalized spacial score (nSPS) is 30.7. The molecule has 1 saturated carbocycles. The van der Waals surface area contributed by atoms with Crippen LogP contribution in [-0.2, 0) is 37.5 Å². The fraction of sp³-hybridized carbons (Fsp3) is 0.706. The van der Waals surface area contributed by atoms with E-state index in [1.54, 1.807) is 0 Å². The zero-order chi connectivity index (χ0) is 50.2. The first-order valence-corrected chi connectivity index (χ1v) is 26.3. The van der Waals surface area contributed by atoms with Gasteiger partial charge < -0.3 is 50.1 Å². The number of phosphoric acid groups is 1. The lowest BCUT2D eigenvalue weighted by Gasteiger charge is -2.37. The van der Waals surface area contributed by atoms with Crippen molar-refractivity contribution in [3.05, 3.63) is 72.9 Å². The maximum absolute atomic E-state index is 13.7. The molecule has 16 nitrogen and oxygen atoms in total. The van der Waals surface area contributed by atoms with E-state index in [-0.39, 0.29) is 19.3 Å². The number of ether oxygens (including phenoxy) is 2. The van der Waals surface area contributed by atoms with E-state index in [9.17, 15) is 59.6 Å². The highest BCUT2D eigenvalue weighted by Crippen LogP contribution is 2.47. The minimum atomic E-state index is -5.47. The lowest BCUT2D eigenvalue weighted by Crippen LogP contribution is -2.55. The van der Waals surface area contributed by atoms with E-state index in [0.29, 0.717) is 51.4 Å². The van der Waals surface area contributed by atoms with Crippen LogP contribution in [0.5, 0.6) is 0 Å². The largest absolute Gasteiger partial charge is 0.472 e. The predicted octanol–water partition coefficient (Wildman–Crippen LogP) is 6.87. The van der Waals surface area contributed by atoms with E-state index in [2.05, 4.69) is 49.5 Å². The first kappa shape index (κ1) is 61.0. The van der Waals surface area contributed by atoms with Gasteiger partial charge in [-0.25, -0.2) is 4.57 Å². The summed E-state index contributed by atoms with van der Waals surface area (Å²) >= 11 is 0. The number of cyclic esters (lactones) is 1. The second-order valence-corrected chi connectivity index (χ2v) is 19.2. The van der Waals surface area contributed by atoms with Crippen LogP contribution in [0.1, 0.15) is 149 Å². The molecule has 8 N–H and O–H groups in total. The number of carbonyl (C=O) groups is 3. The highest BCUT2D eigenvalue weighted by atomic mass is 31.2. The third kappa shape index (κ3) is 25.7. The smallest absolute Gasteiger partial charge is 0.462 e. The maximum atomic E-state index is 13.7. The molecule has 2 bridgehead atoms. The van der Waals surface area contributed by atoms with Gasteiger partial charge in [-0.3, -0.25) is 23.4 Å². The van der Waals surface area contributed by atoms with Crippen LogP contribution in [-0.4, -0.2) is 127 Å². The van der Waals surface area contributed by atoms with Gasteiger partial charge in [0.15, 0.2) is 6.10 Å². The molecule has 1 unspecified atom stereocenters. The number of rotatable bonds is 23. The first-order chi connectivity index (χ1) is 32.6. The van der Waals surface area contributed by atoms with E-state index in [4.69, 9.17) is 18.5 Å². The van der Waals surface area contributed by atoms with Crippen molar-refractivity contribution in [2.75, 3.05) is 13.2 Å². The van der Waals surface area contributed by atoms with Crippen LogP contribution in [0.3, 0.4) is 0 Å². The fourth-order valence-electron chi connectivity index (χ4n) is 7.84. The number of fused-ring (bicyclic) bond motifs is 4. The van der Waals surface area contributed by atoms with Gasteiger partial charge in [-0.15, -0.1) is 0 Å². The Morgan fingerprint density at radius 1 is 0.735 bits per heavy atom. The van der Waals surface area contributed by atoms with Crippen molar-refractivity contribution in [2.24, 2.45) is 11.8 Å². The number of aliphatic hydroxyl groups is 7. The third-order valence-electron chi connectivity index (χ3n) is 11.9. The monoisotopic (exact) mass is 983 g/mol. The summed E-state index contributed by atoms with van der Waals surface area (Å²) in [6, 6.07) is 0. The van der Waals surface area contributed by atoms with E-state index in [0.717, 1.165) is 44.6 Å². The molecule has 17 heteroatoms. The lowest BCUT2D eigenvalue weighted by molar-refractivity contribution is -0.167. The van der Waals surface area contributed by atoms with Crippen LogP contribution in [0.4, 0.5) is 0 Å². The number of ketones is 1. The van der Waals surface area contributed by atoms with Crippen LogP contribution >= 0.6 is 7.82 Å². The molecule has 0 amide bonds. The molecule has 1 aliphatic carbocycles. The number of allylic oxidation sites excluding steroid dienone is 10. The Morgan fingerprint density at radius 3 is 1.94 bits per heavy atom. The topological polar surface area (TPSA) is 267 Å². The molecule has 0 radical (unpaired) electrons. The molecule has 1 saturated heterocycles. The van der Waals surface area contributed by atoms with Gasteiger partial charge in [0, 0.05) is 25.2 Å². The van der Waals surface area contributed by atoms with Gasteiger partial charge in [0.25, 0.3) is 0 Å². The van der Waals surface area contributed by atoms with Gasteiger partial charge in [0.05, 0.1) is 36.9 Å². The SMILES string of the molecule is CCCCC/C=C\C/C=C\C/C=C\C/C=C\C/C=C\CCC(=O)OC[C@@H]1COP(=O)(O)O[C@H]2[C@H](O)[C@@H](O)[C@H](O)[C@@H](CCCCCCC(=O)O1)[C@@H](O)CC(=O)[C@H](/C=C/[C@@H](O)CCCCC)[C@@H](O)[C@H]2O. The summed E-state index contributed by atoms with van der Waals surface area (Å²) in [5.41, 5.74) is 0. The van der Waals surface area contributed by atoms with Crippen LogP contribution in [0, 0.1) is 11.8 Å². The quantitative estimate of drug-likeness (QED) is 0.0225. The van der Waals surface area contributed by atoms with Crippen molar-refractivity contribution in [2.45, 2.75) is 204 Å². The Bertz CT molecular complexity index is 1640. The summed E-state index contributed by atoms with van der Waals surface area (Å²) < 4.78 is 34.6. The van der Waals surface area contributed by atoms with Crippen LogP contribution in [0.2, 0.25) is 0 Å². The second-order valence-electron chi connectivity index (χ2n) is 17.7. The number of hydrogen-bond donors (Lipinski definition) is 8. The van der Waals surface area contributed by atoms with Gasteiger partial charge in [-0.1, -0.05) is 138 Å². The number of Topliss-reactive ketones (excluding diaryl/α,β-unsaturated/α-hetero) is 1. The predicted molar refractivity (Wildman–Crippen MR) is 259 cm³/mol. The number of carbonyl (C=O) groups excluding carboxylic acids is 3. The van der Waals surface area contributed by atoms with Crippen molar-refractivity contribution in [3.8, 4) is 0 Å². The Labute approximate surface area is 404 Å². The molecule has 68 heavy (non-hydrogen) atoms. The molecule has 12 atom stereocenters. The molecular weight excluding hydrogens is 900 g/mol. The minimum absolute atomic E-state index is 0.0173. The Kier molecular flexibility index (Phi) is 32.2. The minimum Gasteiger partial charge on any atom is -0.462 e. The zero-order valence-electron chi connectivity index (χ0n) is 40.3. The van der Waals surface area contributed by atoms with Gasteiger partial charge >= 0.3 is 19.8 Å². The summed E-state index contributed by atoms with van der Waals surface area (Å²) in [4.78, 5) is 50.1. The summed E-state index contributed by atoms with van der Waals surface area (Å²) in [7, 11) is -5.47. The number of hydrogen-bond acceptors (Lipinski definition) is 15. The number of unbranched alkanes of at least 4 members (excludes halogenated alkanes) is 5. The molecule has 0 aromatic heterocycles. The number of aliphatic hydroxyl groups excluding tert-OH is 7. The van der Waals surface area contributed by atoms with Gasteiger partial charge in [0.1, 0.15) is 36.8 Å². The van der Waals surface area contributed by atoms with E-state index in [1.807, 2.05) is 25.2 Å². The van der Waals surface area contributed by atoms with E-state index in [1.165, 1.54) is 25.3 Å². The van der Waals surface area contributed by atoms with Crippen molar-refractivity contribution in [3.63, 3.8) is 0 Å². The van der Waals surface area contributed by atoms with Crippen molar-refractivity contribution in [1.82, 2.24) is 0 Å². The molecule has 1 aliphatic heterocycles. The van der Waals surface area contributed by atoms with Crippen molar-refractivity contribution >= 4 is 25.5 Å². The molecule has 0 aromatic rings. The highest BCUT2D eigenvalue weighted by Gasteiger charge is 2.49. The average molecular weight is 983 g/mol. The van der Waals surface area contributed by atoms with Gasteiger partial charge in [0.2, 0.25) is 0 Å². The average Bonchev–Trinajstić information content (AvgIpc) is 3.31. The standard InChI is InChI=1S/C51H83O16P/c1-3-5-7-8-9-10-11-12-13-14-15-16-17-18-19-20-21-22-27-31-44(55)64-36-39-37-65-68(62,63)67-51-49(60)47(58)41(34-33-38(52)29-25-6-4-2)43(54)35-42(53)40(46(57)48(59)50(51)61)30-26-23-24-28-32-45(56)66-39/h9-10,12-13,15-16,18-19,21-22,33-34,38-42,46-53,57-61H,3-8,11,14,17,20,23-32,35-37H2,1-2H3,(H,62,63)/b10-9-,13-12-,16-15-,19-18-,22-21-,34-33+/t38-,39+,40-,41-,42-,46+,47+,48-,49+,50+,51+/m0/s1. The second kappa shape index (κ2) is 35.9. The summed E-state index contributed by atoms with van der Waals surface area (Å²) in [5.74, 6) is -5.09. The van der Waals surface area contributed by atoms with Crippen LogP contribution < -0.4 is 0 Å². The molecule has 0 aromatic carbocycles. The zero-order valence-corrected chi connectivity index (χ0v) is 41.2.